The Balaban J connectivity index is 2.17. The van der Waals surface area contributed by atoms with Crippen molar-refractivity contribution >= 4 is 11.4 Å². The van der Waals surface area contributed by atoms with Crippen LogP contribution in [0.1, 0.15) is 51.3 Å². The van der Waals surface area contributed by atoms with Gasteiger partial charge in [0.1, 0.15) is 10.8 Å². The smallest absolute Gasteiger partial charge is 0.137 e. The second-order valence-corrected chi connectivity index (χ2v) is 8.20. The average Bonchev–Trinajstić information content (AvgIpc) is 3.01. The van der Waals surface area contributed by atoms with Gasteiger partial charge in [0.05, 0.1) is 6.04 Å². The Morgan fingerprint density at radius 1 is 1.22 bits per heavy atom. The monoisotopic (exact) mass is 265 g/mol. The quantitative estimate of drug-likeness (QED) is 0.616. The van der Waals surface area contributed by atoms with E-state index in [1.807, 2.05) is 20.8 Å². The number of nitrogens with zero attached hydrogens (tertiary/aromatic N) is 1. The van der Waals surface area contributed by atoms with Gasteiger partial charge in [0.15, 0.2) is 0 Å². The van der Waals surface area contributed by atoms with Crippen LogP contribution in [0, 0.1) is 6.92 Å². The fourth-order valence-corrected chi connectivity index (χ4v) is 3.89. The van der Waals surface area contributed by atoms with Crippen molar-refractivity contribution in [2.75, 3.05) is 0 Å². The van der Waals surface area contributed by atoms with Gasteiger partial charge in [-0.05, 0) is 39.7 Å². The molecule has 2 nitrogen and oxygen atoms in total. The second kappa shape index (κ2) is 4.87. The molecule has 0 aliphatic carbocycles. The van der Waals surface area contributed by atoms with Crippen molar-refractivity contribution in [3.05, 3.63) is 35.4 Å². The number of rotatable bonds is 3. The van der Waals surface area contributed by atoms with E-state index in [9.17, 15) is 4.55 Å². The standard InChI is InChI=1S/C15H23NOS/c1-6-13-14(12-9-7-11(2)8-10-12)16(13)18(17)15(3,4)5/h7-10,13-14H,6H2,1-5H3/t13-,14+,16?,18+/m1/s1. The van der Waals surface area contributed by atoms with Gasteiger partial charge in [-0.1, -0.05) is 36.8 Å². The summed E-state index contributed by atoms with van der Waals surface area (Å²) >= 11 is -0.910. The van der Waals surface area contributed by atoms with Crippen molar-refractivity contribution < 1.29 is 4.55 Å². The Labute approximate surface area is 114 Å². The summed E-state index contributed by atoms with van der Waals surface area (Å²) in [5.74, 6) is 0. The molecule has 0 saturated carbocycles. The first-order valence-electron chi connectivity index (χ1n) is 6.63. The van der Waals surface area contributed by atoms with E-state index in [1.165, 1.54) is 11.1 Å². The zero-order chi connectivity index (χ0) is 13.5. The molecule has 3 heteroatoms. The van der Waals surface area contributed by atoms with Crippen LogP contribution in [-0.4, -0.2) is 19.6 Å². The molecule has 100 valence electrons. The maximum absolute atomic E-state index is 12.5. The zero-order valence-electron chi connectivity index (χ0n) is 11.9. The third-order valence-corrected chi connectivity index (χ3v) is 5.36. The predicted molar refractivity (Wildman–Crippen MR) is 77.7 cm³/mol. The van der Waals surface area contributed by atoms with E-state index in [4.69, 9.17) is 0 Å². The van der Waals surface area contributed by atoms with Crippen molar-refractivity contribution in [2.45, 2.75) is 57.9 Å². The van der Waals surface area contributed by atoms with Crippen LogP contribution in [0.4, 0.5) is 0 Å². The summed E-state index contributed by atoms with van der Waals surface area (Å²) in [7, 11) is 0. The van der Waals surface area contributed by atoms with E-state index < -0.39 is 11.4 Å². The Bertz CT molecular complexity index is 409. The van der Waals surface area contributed by atoms with Crippen molar-refractivity contribution in [1.82, 2.24) is 4.31 Å². The van der Waals surface area contributed by atoms with Gasteiger partial charge in [-0.2, -0.15) is 0 Å². The van der Waals surface area contributed by atoms with E-state index in [1.54, 1.807) is 0 Å². The van der Waals surface area contributed by atoms with E-state index >= 15 is 0 Å². The second-order valence-electron chi connectivity index (χ2n) is 6.05. The molecular weight excluding hydrogens is 242 g/mol. The highest BCUT2D eigenvalue weighted by Gasteiger charge is 2.58. The fraction of sp³-hybridized carbons (Fsp3) is 0.600. The summed E-state index contributed by atoms with van der Waals surface area (Å²) in [5.41, 5.74) is 2.57. The van der Waals surface area contributed by atoms with Crippen LogP contribution in [0.2, 0.25) is 0 Å². The van der Waals surface area contributed by atoms with E-state index in [0.717, 1.165) is 6.42 Å². The lowest BCUT2D eigenvalue weighted by Gasteiger charge is -2.24. The Hall–Kier alpha value is -0.510. The van der Waals surface area contributed by atoms with Gasteiger partial charge >= 0.3 is 0 Å². The molecule has 1 unspecified atom stereocenters. The molecule has 1 aliphatic rings. The summed E-state index contributed by atoms with van der Waals surface area (Å²) < 4.78 is 14.5. The summed E-state index contributed by atoms with van der Waals surface area (Å²) in [4.78, 5) is 0. The normalized spacial score (nSPS) is 29.1. The molecule has 2 rings (SSSR count). The van der Waals surface area contributed by atoms with Gasteiger partial charge in [-0.3, -0.25) is 0 Å². The van der Waals surface area contributed by atoms with Crippen molar-refractivity contribution in [3.63, 3.8) is 0 Å². The molecule has 1 aromatic carbocycles. The highest BCUT2D eigenvalue weighted by atomic mass is 32.2. The molecule has 1 fully saturated rings. The number of aryl methyl sites for hydroxylation is 1. The van der Waals surface area contributed by atoms with Crippen LogP contribution in [-0.2, 0) is 11.4 Å². The lowest BCUT2D eigenvalue weighted by atomic mass is 10.1. The molecule has 0 aromatic heterocycles. The lowest BCUT2D eigenvalue weighted by molar-refractivity contribution is 0.508. The third kappa shape index (κ3) is 2.58. The molecule has 0 amide bonds. The molecule has 0 N–H and O–H groups in total. The minimum Gasteiger partial charge on any atom is -0.597 e. The molecular formula is C15H23NOS. The van der Waals surface area contributed by atoms with E-state index in [0.29, 0.717) is 12.1 Å². The zero-order valence-corrected chi connectivity index (χ0v) is 12.8. The summed E-state index contributed by atoms with van der Waals surface area (Å²) in [5, 5.41) is 0. The van der Waals surface area contributed by atoms with Crippen molar-refractivity contribution in [3.8, 4) is 0 Å². The highest BCUT2D eigenvalue weighted by Crippen LogP contribution is 2.49. The van der Waals surface area contributed by atoms with E-state index in [2.05, 4.69) is 42.4 Å². The van der Waals surface area contributed by atoms with Gasteiger partial charge in [-0.15, -0.1) is 4.31 Å². The Kier molecular flexibility index (Phi) is 3.77. The molecule has 1 aromatic rings. The maximum atomic E-state index is 12.5. The third-order valence-electron chi connectivity index (χ3n) is 3.43. The van der Waals surface area contributed by atoms with E-state index in [-0.39, 0.29) is 4.75 Å². The van der Waals surface area contributed by atoms with Crippen LogP contribution in [0.15, 0.2) is 24.3 Å². The molecule has 4 atom stereocenters. The molecule has 0 bridgehead atoms. The molecule has 1 saturated heterocycles. The summed E-state index contributed by atoms with van der Waals surface area (Å²) in [6, 6.07) is 9.39. The topological polar surface area (TPSA) is 26.1 Å². The van der Waals surface area contributed by atoms with Crippen LogP contribution in [0.25, 0.3) is 0 Å². The molecule has 1 heterocycles. The van der Waals surface area contributed by atoms with Crippen LogP contribution in [0.3, 0.4) is 0 Å². The Morgan fingerprint density at radius 3 is 2.22 bits per heavy atom. The minimum atomic E-state index is -0.910. The summed E-state index contributed by atoms with van der Waals surface area (Å²) in [6.45, 7) is 10.4. The number of hydrogen-bond donors (Lipinski definition) is 0. The fourth-order valence-electron chi connectivity index (χ4n) is 2.34. The molecule has 0 radical (unpaired) electrons. The van der Waals surface area contributed by atoms with Gasteiger partial charge in [-0.25, -0.2) is 0 Å². The van der Waals surface area contributed by atoms with Gasteiger partial charge < -0.3 is 4.55 Å². The number of hydrogen-bond acceptors (Lipinski definition) is 2. The van der Waals surface area contributed by atoms with Gasteiger partial charge in [0.2, 0.25) is 0 Å². The van der Waals surface area contributed by atoms with Crippen molar-refractivity contribution in [2.24, 2.45) is 0 Å². The molecule has 0 spiro atoms. The van der Waals surface area contributed by atoms with Crippen LogP contribution >= 0.6 is 0 Å². The van der Waals surface area contributed by atoms with Crippen LogP contribution in [0.5, 0.6) is 0 Å². The largest absolute Gasteiger partial charge is 0.597 e. The highest BCUT2D eigenvalue weighted by molar-refractivity contribution is 7.90. The average molecular weight is 265 g/mol. The first-order valence-corrected chi connectivity index (χ1v) is 7.74. The molecule has 18 heavy (non-hydrogen) atoms. The first kappa shape index (κ1) is 13.9. The minimum absolute atomic E-state index is 0.174. The van der Waals surface area contributed by atoms with Gasteiger partial charge in [0.25, 0.3) is 0 Å². The Morgan fingerprint density at radius 2 is 1.78 bits per heavy atom. The van der Waals surface area contributed by atoms with Crippen molar-refractivity contribution in [1.29, 1.82) is 0 Å². The van der Waals surface area contributed by atoms with Gasteiger partial charge in [0, 0.05) is 11.4 Å². The first-order chi connectivity index (χ1) is 8.36. The lowest BCUT2D eigenvalue weighted by Crippen LogP contribution is -2.34. The SMILES string of the molecule is CC[C@@H]1[C@H](c2ccc(C)cc2)N1[S@@+]([O-])C(C)(C)C. The predicted octanol–water partition coefficient (Wildman–Crippen LogP) is 3.59. The molecule has 1 aliphatic heterocycles. The summed E-state index contributed by atoms with van der Waals surface area (Å²) in [6.07, 6.45) is 1.06. The van der Waals surface area contributed by atoms with Crippen LogP contribution < -0.4 is 0 Å². The number of benzene rings is 1. The maximum Gasteiger partial charge on any atom is 0.137 e.